The van der Waals surface area contributed by atoms with Gasteiger partial charge in [0.05, 0.1) is 20.3 Å². The van der Waals surface area contributed by atoms with Crippen LogP contribution in [-0.2, 0) is 17.9 Å². The number of hydrogen-bond donors (Lipinski definition) is 2. The summed E-state index contributed by atoms with van der Waals surface area (Å²) in [6, 6.07) is 13.7. The van der Waals surface area contributed by atoms with E-state index in [0.29, 0.717) is 19.8 Å². The zero-order valence-corrected chi connectivity index (χ0v) is 16.3. The monoisotopic (exact) mass is 382 g/mol. The number of nitrogens with zero attached hydrogens (tertiary/aromatic N) is 4. The van der Waals surface area contributed by atoms with E-state index in [1.165, 1.54) is 0 Å². The summed E-state index contributed by atoms with van der Waals surface area (Å²) >= 11 is 0. The van der Waals surface area contributed by atoms with Crippen molar-refractivity contribution >= 4 is 11.6 Å². The van der Waals surface area contributed by atoms with E-state index in [0.717, 1.165) is 41.7 Å². The molecule has 2 aromatic heterocycles. The second kappa shape index (κ2) is 10.3. The van der Waals surface area contributed by atoms with E-state index in [4.69, 9.17) is 9.47 Å². The molecule has 3 rings (SSSR count). The van der Waals surface area contributed by atoms with Crippen LogP contribution in [0.5, 0.6) is 5.75 Å². The highest BCUT2D eigenvalue weighted by Gasteiger charge is 2.05. The Kier molecular flexibility index (Phi) is 7.20. The molecule has 0 spiro atoms. The quantitative estimate of drug-likeness (QED) is 0.335. The standard InChI is InChI=1S/C20H26N6O2/c1-21-20(23-14-19-25-24-18-6-3-4-12-26(18)19)22-11-5-13-28-15-16-7-9-17(27-2)10-8-16/h3-4,6-10,12H,5,11,13-15H2,1-2H3,(H2,21,22,23). The van der Waals surface area contributed by atoms with Crippen molar-refractivity contribution in [3.63, 3.8) is 0 Å². The highest BCUT2D eigenvalue weighted by Crippen LogP contribution is 2.11. The zero-order valence-electron chi connectivity index (χ0n) is 16.3. The first kappa shape index (κ1) is 19.6. The van der Waals surface area contributed by atoms with Crippen LogP contribution in [-0.4, -0.2) is 47.9 Å². The first-order chi connectivity index (χ1) is 13.8. The van der Waals surface area contributed by atoms with Crippen molar-refractivity contribution in [1.82, 2.24) is 25.2 Å². The molecule has 0 radical (unpaired) electrons. The van der Waals surface area contributed by atoms with Crippen molar-refractivity contribution in [1.29, 1.82) is 0 Å². The van der Waals surface area contributed by atoms with Gasteiger partial charge in [0.2, 0.25) is 0 Å². The fourth-order valence-corrected chi connectivity index (χ4v) is 2.69. The highest BCUT2D eigenvalue weighted by molar-refractivity contribution is 5.79. The topological polar surface area (TPSA) is 85.1 Å². The molecular weight excluding hydrogens is 356 g/mol. The number of pyridine rings is 1. The molecule has 0 aliphatic heterocycles. The number of ether oxygens (including phenoxy) is 2. The van der Waals surface area contributed by atoms with Crippen molar-refractivity contribution in [2.75, 3.05) is 27.3 Å². The van der Waals surface area contributed by atoms with E-state index in [-0.39, 0.29) is 0 Å². The molecule has 0 atom stereocenters. The Balaban J connectivity index is 1.33. The minimum absolute atomic E-state index is 0.540. The lowest BCUT2D eigenvalue weighted by atomic mass is 10.2. The Bertz CT molecular complexity index is 891. The summed E-state index contributed by atoms with van der Waals surface area (Å²) in [5, 5.41) is 14.9. The lowest BCUT2D eigenvalue weighted by Gasteiger charge is -2.11. The van der Waals surface area contributed by atoms with Gasteiger partial charge in [-0.3, -0.25) is 9.39 Å². The SMILES string of the molecule is CN=C(NCCCOCc1ccc(OC)cc1)NCc1nnc2ccccn12. The van der Waals surface area contributed by atoms with Crippen LogP contribution in [0, 0.1) is 0 Å². The maximum Gasteiger partial charge on any atom is 0.191 e. The molecule has 0 amide bonds. The zero-order chi connectivity index (χ0) is 19.6. The minimum atomic E-state index is 0.540. The third-order valence-corrected chi connectivity index (χ3v) is 4.21. The molecule has 148 valence electrons. The number of fused-ring (bicyclic) bond motifs is 1. The van der Waals surface area contributed by atoms with Crippen LogP contribution < -0.4 is 15.4 Å². The molecule has 0 unspecified atom stereocenters. The number of methoxy groups -OCH3 is 1. The first-order valence-electron chi connectivity index (χ1n) is 9.24. The van der Waals surface area contributed by atoms with Crippen LogP contribution >= 0.6 is 0 Å². The van der Waals surface area contributed by atoms with Crippen LogP contribution in [0.1, 0.15) is 17.8 Å². The fourth-order valence-electron chi connectivity index (χ4n) is 2.69. The third kappa shape index (κ3) is 5.43. The molecule has 2 N–H and O–H groups in total. The van der Waals surface area contributed by atoms with E-state index < -0.39 is 0 Å². The van der Waals surface area contributed by atoms with E-state index in [1.807, 2.05) is 53.1 Å². The molecule has 0 aliphatic rings. The van der Waals surface area contributed by atoms with Crippen molar-refractivity contribution in [2.24, 2.45) is 4.99 Å². The molecular formula is C20H26N6O2. The normalized spacial score (nSPS) is 11.6. The molecule has 0 aliphatic carbocycles. The van der Waals surface area contributed by atoms with Gasteiger partial charge in [0.15, 0.2) is 17.4 Å². The van der Waals surface area contributed by atoms with Gasteiger partial charge in [0.25, 0.3) is 0 Å². The molecule has 0 saturated carbocycles. The molecule has 8 heteroatoms. The number of aromatic nitrogens is 3. The smallest absolute Gasteiger partial charge is 0.191 e. The fraction of sp³-hybridized carbons (Fsp3) is 0.350. The summed E-state index contributed by atoms with van der Waals surface area (Å²) in [6.45, 7) is 2.57. The average Bonchev–Trinajstić information content (AvgIpc) is 3.16. The molecule has 2 heterocycles. The number of nitrogens with one attached hydrogen (secondary N) is 2. The van der Waals surface area contributed by atoms with Crippen molar-refractivity contribution in [3.8, 4) is 5.75 Å². The summed E-state index contributed by atoms with van der Waals surface area (Å²) in [5.41, 5.74) is 1.96. The van der Waals surface area contributed by atoms with Crippen molar-refractivity contribution in [2.45, 2.75) is 19.6 Å². The number of hydrogen-bond acceptors (Lipinski definition) is 5. The molecule has 3 aromatic rings. The lowest BCUT2D eigenvalue weighted by Crippen LogP contribution is -2.38. The largest absolute Gasteiger partial charge is 0.497 e. The van der Waals surface area contributed by atoms with Crippen LogP contribution in [0.2, 0.25) is 0 Å². The predicted octanol–water partition coefficient (Wildman–Crippen LogP) is 2.01. The highest BCUT2D eigenvalue weighted by atomic mass is 16.5. The van der Waals surface area contributed by atoms with Gasteiger partial charge in [-0.15, -0.1) is 10.2 Å². The summed E-state index contributed by atoms with van der Waals surface area (Å²) in [6.07, 6.45) is 2.83. The Morgan fingerprint density at radius 3 is 2.75 bits per heavy atom. The van der Waals surface area contributed by atoms with Gasteiger partial charge in [-0.2, -0.15) is 0 Å². The Morgan fingerprint density at radius 1 is 1.11 bits per heavy atom. The van der Waals surface area contributed by atoms with Crippen molar-refractivity contribution < 1.29 is 9.47 Å². The number of aliphatic imine (C=N–C) groups is 1. The summed E-state index contributed by atoms with van der Waals surface area (Å²) in [5.74, 6) is 2.41. The Labute approximate surface area is 164 Å². The van der Waals surface area contributed by atoms with Gasteiger partial charge in [-0.25, -0.2) is 0 Å². The second-order valence-corrected chi connectivity index (χ2v) is 6.15. The lowest BCUT2D eigenvalue weighted by molar-refractivity contribution is 0.119. The van der Waals surface area contributed by atoms with E-state index in [2.05, 4.69) is 25.8 Å². The predicted molar refractivity (Wildman–Crippen MR) is 108 cm³/mol. The van der Waals surface area contributed by atoms with Gasteiger partial charge < -0.3 is 20.1 Å². The van der Waals surface area contributed by atoms with Crippen LogP contribution in [0.4, 0.5) is 0 Å². The van der Waals surface area contributed by atoms with Gasteiger partial charge in [0, 0.05) is 26.4 Å². The summed E-state index contributed by atoms with van der Waals surface area (Å²) in [4.78, 5) is 4.23. The van der Waals surface area contributed by atoms with Crippen LogP contribution in [0.15, 0.2) is 53.7 Å². The summed E-state index contributed by atoms with van der Waals surface area (Å²) < 4.78 is 12.8. The van der Waals surface area contributed by atoms with Gasteiger partial charge in [-0.1, -0.05) is 18.2 Å². The number of rotatable bonds is 9. The molecule has 0 fully saturated rings. The Morgan fingerprint density at radius 2 is 1.96 bits per heavy atom. The molecule has 8 nitrogen and oxygen atoms in total. The first-order valence-corrected chi connectivity index (χ1v) is 9.24. The van der Waals surface area contributed by atoms with E-state index in [1.54, 1.807) is 14.2 Å². The minimum Gasteiger partial charge on any atom is -0.497 e. The summed E-state index contributed by atoms with van der Waals surface area (Å²) in [7, 11) is 3.41. The molecule has 28 heavy (non-hydrogen) atoms. The number of guanidine groups is 1. The maximum atomic E-state index is 5.71. The Hall–Kier alpha value is -3.13. The number of benzene rings is 1. The second-order valence-electron chi connectivity index (χ2n) is 6.15. The van der Waals surface area contributed by atoms with Crippen LogP contribution in [0.3, 0.4) is 0 Å². The van der Waals surface area contributed by atoms with Gasteiger partial charge in [0.1, 0.15) is 5.75 Å². The van der Waals surface area contributed by atoms with Crippen LogP contribution in [0.25, 0.3) is 5.65 Å². The maximum absolute atomic E-state index is 5.71. The average molecular weight is 382 g/mol. The van der Waals surface area contributed by atoms with Gasteiger partial charge in [-0.05, 0) is 36.2 Å². The molecule has 0 saturated heterocycles. The third-order valence-electron chi connectivity index (χ3n) is 4.21. The molecule has 0 bridgehead atoms. The van der Waals surface area contributed by atoms with E-state index in [9.17, 15) is 0 Å². The molecule has 1 aromatic carbocycles. The van der Waals surface area contributed by atoms with Crippen molar-refractivity contribution in [3.05, 3.63) is 60.0 Å². The van der Waals surface area contributed by atoms with E-state index >= 15 is 0 Å². The van der Waals surface area contributed by atoms with Gasteiger partial charge >= 0.3 is 0 Å².